The van der Waals surface area contributed by atoms with E-state index in [1.165, 1.54) is 4.70 Å². The number of fused-ring (bicyclic) bond motifs is 1. The van der Waals surface area contributed by atoms with E-state index in [1.807, 2.05) is 69.3 Å². The molecule has 0 atom stereocenters. The number of carbonyl (C=O) groups excluding carboxylic acids is 1. The molecule has 1 aromatic heterocycles. The van der Waals surface area contributed by atoms with Crippen molar-refractivity contribution < 1.29 is 4.79 Å². The Balaban J connectivity index is 1.53. The zero-order valence-corrected chi connectivity index (χ0v) is 16.9. The topological polar surface area (TPSA) is 54.0 Å². The second kappa shape index (κ2) is 7.44. The van der Waals surface area contributed by atoms with Gasteiger partial charge in [-0.15, -0.1) is 11.3 Å². The van der Waals surface area contributed by atoms with Gasteiger partial charge in [0.2, 0.25) is 0 Å². The average molecular weight is 388 g/mol. The van der Waals surface area contributed by atoms with Crippen molar-refractivity contribution in [3.63, 3.8) is 0 Å². The van der Waals surface area contributed by atoms with Gasteiger partial charge >= 0.3 is 6.03 Å². The van der Waals surface area contributed by atoms with Gasteiger partial charge in [-0.25, -0.2) is 9.78 Å². The molecule has 0 aliphatic rings. The van der Waals surface area contributed by atoms with Gasteiger partial charge in [0, 0.05) is 16.9 Å². The minimum absolute atomic E-state index is 0.246. The van der Waals surface area contributed by atoms with E-state index in [2.05, 4.69) is 22.8 Å². The molecule has 2 amide bonds. The number of carbonyl (C=O) groups is 1. The molecule has 0 unspecified atom stereocenters. The summed E-state index contributed by atoms with van der Waals surface area (Å²) in [6.45, 7) is 6.02. The number of aryl methyl sites for hydroxylation is 2. The number of hydrogen-bond acceptors (Lipinski definition) is 3. The number of thiazole rings is 1. The number of anilines is 2. The molecule has 0 saturated carbocycles. The lowest BCUT2D eigenvalue weighted by Crippen LogP contribution is -2.20. The summed E-state index contributed by atoms with van der Waals surface area (Å²) >= 11 is 1.67. The van der Waals surface area contributed by atoms with Gasteiger partial charge in [0.1, 0.15) is 5.01 Å². The molecule has 140 valence electrons. The van der Waals surface area contributed by atoms with Gasteiger partial charge in [-0.2, -0.15) is 0 Å². The maximum Gasteiger partial charge on any atom is 0.323 e. The third-order valence-corrected chi connectivity index (χ3v) is 5.95. The van der Waals surface area contributed by atoms with E-state index < -0.39 is 0 Å². The van der Waals surface area contributed by atoms with Crippen molar-refractivity contribution in [2.75, 3.05) is 10.6 Å². The van der Waals surface area contributed by atoms with Crippen LogP contribution in [0.4, 0.5) is 16.2 Å². The third-order valence-electron chi connectivity index (χ3n) is 4.87. The number of aromatic nitrogens is 1. The summed E-state index contributed by atoms with van der Waals surface area (Å²) in [5, 5.41) is 6.86. The number of hydrogen-bond donors (Lipinski definition) is 2. The number of para-hydroxylation sites is 1. The predicted octanol–water partition coefficient (Wildman–Crippen LogP) is 6.53. The van der Waals surface area contributed by atoms with E-state index in [0.717, 1.165) is 44.2 Å². The zero-order valence-electron chi connectivity index (χ0n) is 16.0. The van der Waals surface area contributed by atoms with E-state index in [1.54, 1.807) is 11.3 Å². The lowest BCUT2D eigenvalue weighted by molar-refractivity contribution is 0.262. The second-order valence-electron chi connectivity index (χ2n) is 6.84. The standard InChI is InChI=1S/C23H21N3OS/c1-14-7-6-9-19(16(14)3)26-23(27)25-18-12-11-17(13-15(18)2)22-24-20-8-4-5-10-21(20)28-22/h4-13H,1-3H3,(H2,25,26,27). The largest absolute Gasteiger partial charge is 0.323 e. The summed E-state index contributed by atoms with van der Waals surface area (Å²) < 4.78 is 1.17. The number of rotatable bonds is 3. The minimum Gasteiger partial charge on any atom is -0.307 e. The highest BCUT2D eigenvalue weighted by Crippen LogP contribution is 2.32. The fraction of sp³-hybridized carbons (Fsp3) is 0.130. The van der Waals surface area contributed by atoms with Gasteiger partial charge in [-0.3, -0.25) is 0 Å². The molecule has 0 fully saturated rings. The summed E-state index contributed by atoms with van der Waals surface area (Å²) in [5.74, 6) is 0. The van der Waals surface area contributed by atoms with Crippen LogP contribution in [0.1, 0.15) is 16.7 Å². The van der Waals surface area contributed by atoms with Crippen LogP contribution in [0.25, 0.3) is 20.8 Å². The normalized spacial score (nSPS) is 10.8. The van der Waals surface area contributed by atoms with E-state index in [0.29, 0.717) is 0 Å². The Morgan fingerprint density at radius 2 is 1.64 bits per heavy atom. The van der Waals surface area contributed by atoms with Crippen molar-refractivity contribution in [3.8, 4) is 10.6 Å². The van der Waals surface area contributed by atoms with Crippen LogP contribution in [0.5, 0.6) is 0 Å². The molecule has 4 aromatic rings. The Morgan fingerprint density at radius 3 is 2.43 bits per heavy atom. The van der Waals surface area contributed by atoms with E-state index in [-0.39, 0.29) is 6.03 Å². The summed E-state index contributed by atoms with van der Waals surface area (Å²) in [4.78, 5) is 17.1. The van der Waals surface area contributed by atoms with Gasteiger partial charge in [-0.05, 0) is 73.9 Å². The molecule has 4 nitrogen and oxygen atoms in total. The summed E-state index contributed by atoms with van der Waals surface area (Å²) in [6.07, 6.45) is 0. The monoisotopic (exact) mass is 387 g/mol. The summed E-state index contributed by atoms with van der Waals surface area (Å²) in [5.41, 5.74) is 6.88. The highest BCUT2D eigenvalue weighted by Gasteiger charge is 2.10. The lowest BCUT2D eigenvalue weighted by atomic mass is 10.1. The Bertz CT molecular complexity index is 1150. The van der Waals surface area contributed by atoms with Crippen molar-refractivity contribution in [3.05, 3.63) is 77.4 Å². The van der Waals surface area contributed by atoms with Crippen molar-refractivity contribution in [2.45, 2.75) is 20.8 Å². The molecular formula is C23H21N3OS. The van der Waals surface area contributed by atoms with Crippen LogP contribution in [0.2, 0.25) is 0 Å². The number of nitrogens with zero attached hydrogens (tertiary/aromatic N) is 1. The first-order valence-corrected chi connectivity index (χ1v) is 9.94. The highest BCUT2D eigenvalue weighted by molar-refractivity contribution is 7.21. The molecule has 0 bridgehead atoms. The molecule has 0 saturated heterocycles. The average Bonchev–Trinajstić information content (AvgIpc) is 3.11. The fourth-order valence-electron chi connectivity index (χ4n) is 3.10. The van der Waals surface area contributed by atoms with Crippen molar-refractivity contribution in [1.29, 1.82) is 0 Å². The first-order chi connectivity index (χ1) is 13.5. The Kier molecular flexibility index (Phi) is 4.84. The van der Waals surface area contributed by atoms with E-state index in [9.17, 15) is 4.79 Å². The van der Waals surface area contributed by atoms with Gasteiger partial charge in [0.05, 0.1) is 10.2 Å². The van der Waals surface area contributed by atoms with Crippen LogP contribution in [-0.4, -0.2) is 11.0 Å². The molecule has 0 aliphatic carbocycles. The predicted molar refractivity (Wildman–Crippen MR) is 118 cm³/mol. The summed E-state index contributed by atoms with van der Waals surface area (Å²) in [6, 6.07) is 19.7. The minimum atomic E-state index is -0.246. The molecule has 0 radical (unpaired) electrons. The molecule has 0 aliphatic heterocycles. The summed E-state index contributed by atoms with van der Waals surface area (Å²) in [7, 11) is 0. The van der Waals surface area contributed by atoms with Crippen LogP contribution in [0.15, 0.2) is 60.7 Å². The number of urea groups is 1. The third kappa shape index (κ3) is 3.62. The quantitative estimate of drug-likeness (QED) is 0.420. The second-order valence-corrected chi connectivity index (χ2v) is 7.87. The fourth-order valence-corrected chi connectivity index (χ4v) is 4.06. The zero-order chi connectivity index (χ0) is 19.7. The molecule has 4 rings (SSSR count). The Hall–Kier alpha value is -3.18. The van der Waals surface area contributed by atoms with Crippen molar-refractivity contribution in [2.24, 2.45) is 0 Å². The number of amides is 2. The smallest absolute Gasteiger partial charge is 0.307 e. The van der Waals surface area contributed by atoms with Crippen molar-refractivity contribution >= 4 is 39.0 Å². The van der Waals surface area contributed by atoms with Gasteiger partial charge in [0.15, 0.2) is 0 Å². The first kappa shape index (κ1) is 18.2. The molecule has 5 heteroatoms. The SMILES string of the molecule is Cc1cc(-c2nc3ccccc3s2)ccc1NC(=O)Nc1cccc(C)c1C. The molecule has 2 N–H and O–H groups in total. The molecular weight excluding hydrogens is 366 g/mol. The van der Waals surface area contributed by atoms with E-state index in [4.69, 9.17) is 4.98 Å². The molecule has 28 heavy (non-hydrogen) atoms. The Labute approximate surface area is 168 Å². The van der Waals surface area contributed by atoms with Gasteiger partial charge in [-0.1, -0.05) is 24.3 Å². The lowest BCUT2D eigenvalue weighted by Gasteiger charge is -2.13. The van der Waals surface area contributed by atoms with Crippen LogP contribution < -0.4 is 10.6 Å². The van der Waals surface area contributed by atoms with Crippen LogP contribution in [0.3, 0.4) is 0 Å². The maximum absolute atomic E-state index is 12.4. The maximum atomic E-state index is 12.4. The van der Waals surface area contributed by atoms with Gasteiger partial charge < -0.3 is 10.6 Å². The highest BCUT2D eigenvalue weighted by atomic mass is 32.1. The molecule has 1 heterocycles. The first-order valence-electron chi connectivity index (χ1n) is 9.12. The Morgan fingerprint density at radius 1 is 0.857 bits per heavy atom. The van der Waals surface area contributed by atoms with E-state index >= 15 is 0 Å². The van der Waals surface area contributed by atoms with Crippen LogP contribution in [0, 0.1) is 20.8 Å². The van der Waals surface area contributed by atoms with Crippen molar-refractivity contribution in [1.82, 2.24) is 4.98 Å². The number of benzene rings is 3. The molecule has 3 aromatic carbocycles. The molecule has 0 spiro atoms. The van der Waals surface area contributed by atoms with Crippen LogP contribution in [-0.2, 0) is 0 Å². The number of nitrogens with one attached hydrogen (secondary N) is 2. The van der Waals surface area contributed by atoms with Crippen LogP contribution >= 0.6 is 11.3 Å². The van der Waals surface area contributed by atoms with Gasteiger partial charge in [0.25, 0.3) is 0 Å².